The summed E-state index contributed by atoms with van der Waals surface area (Å²) in [5.74, 6) is -0.534. The molecule has 2 amide bonds. The van der Waals surface area contributed by atoms with Crippen LogP contribution in [0.3, 0.4) is 0 Å². The third-order valence-electron chi connectivity index (χ3n) is 4.44. The molecule has 5 nitrogen and oxygen atoms in total. The van der Waals surface area contributed by atoms with Gasteiger partial charge in [-0.3, -0.25) is 9.59 Å². The molecule has 1 fully saturated rings. The molecule has 0 N–H and O–H groups in total. The monoisotopic (exact) mass is 595 g/mol. The lowest BCUT2D eigenvalue weighted by molar-refractivity contribution is -0.113. The third-order valence-corrected chi connectivity index (χ3v) is 6.99. The molecule has 9 heteroatoms. The number of anilines is 1. The Labute approximate surface area is 211 Å². The van der Waals surface area contributed by atoms with Crippen molar-refractivity contribution in [1.82, 2.24) is 0 Å². The van der Waals surface area contributed by atoms with Crippen LogP contribution in [0.4, 0.5) is 10.5 Å². The van der Waals surface area contributed by atoms with Crippen LogP contribution < -0.4 is 9.64 Å². The Morgan fingerprint density at radius 2 is 1.69 bits per heavy atom. The van der Waals surface area contributed by atoms with E-state index >= 15 is 0 Å². The highest BCUT2D eigenvalue weighted by molar-refractivity contribution is 14.1. The van der Waals surface area contributed by atoms with Gasteiger partial charge in [-0.1, -0.05) is 47.5 Å². The van der Waals surface area contributed by atoms with Gasteiger partial charge in [0.15, 0.2) is 0 Å². The predicted octanol–water partition coefficient (Wildman–Crippen LogP) is 7.06. The van der Waals surface area contributed by atoms with Crippen molar-refractivity contribution >= 4 is 86.4 Å². The van der Waals surface area contributed by atoms with Crippen LogP contribution in [0.1, 0.15) is 15.9 Å². The fourth-order valence-corrected chi connectivity index (χ4v) is 4.63. The van der Waals surface area contributed by atoms with Gasteiger partial charge in [0.05, 0.1) is 26.2 Å². The number of imide groups is 1. The molecule has 0 aliphatic carbocycles. The number of amides is 2. The SMILES string of the molecule is O=C(Oc1ccc(/C=C2\SC(=O)N(c3ccc(Cl)c(Cl)c3)C2=O)cc1)c1ccccc1I. The van der Waals surface area contributed by atoms with Gasteiger partial charge in [0.25, 0.3) is 11.1 Å². The van der Waals surface area contributed by atoms with Gasteiger partial charge in [-0.25, -0.2) is 9.69 Å². The molecule has 4 rings (SSSR count). The number of thioether (sulfide) groups is 1. The summed E-state index contributed by atoms with van der Waals surface area (Å²) in [4.78, 5) is 38.9. The minimum Gasteiger partial charge on any atom is -0.423 e. The van der Waals surface area contributed by atoms with Gasteiger partial charge in [0.2, 0.25) is 0 Å². The number of esters is 1. The van der Waals surface area contributed by atoms with Crippen LogP contribution in [0.15, 0.2) is 71.6 Å². The summed E-state index contributed by atoms with van der Waals surface area (Å²) in [6.07, 6.45) is 1.61. The summed E-state index contributed by atoms with van der Waals surface area (Å²) >= 11 is 14.8. The number of hydrogen-bond acceptors (Lipinski definition) is 5. The van der Waals surface area contributed by atoms with E-state index in [1.165, 1.54) is 12.1 Å². The van der Waals surface area contributed by atoms with E-state index in [4.69, 9.17) is 27.9 Å². The molecule has 0 radical (unpaired) electrons. The molecule has 0 unspecified atom stereocenters. The molecule has 1 heterocycles. The number of ether oxygens (including phenoxy) is 1. The van der Waals surface area contributed by atoms with Crippen molar-refractivity contribution in [2.75, 3.05) is 4.90 Å². The summed E-state index contributed by atoms with van der Waals surface area (Å²) in [7, 11) is 0. The van der Waals surface area contributed by atoms with Crippen molar-refractivity contribution in [1.29, 1.82) is 0 Å². The van der Waals surface area contributed by atoms with Gasteiger partial charge in [-0.15, -0.1) is 0 Å². The lowest BCUT2D eigenvalue weighted by Crippen LogP contribution is -2.27. The van der Waals surface area contributed by atoms with E-state index in [0.29, 0.717) is 27.6 Å². The molecule has 1 aliphatic heterocycles. The minimum atomic E-state index is -0.453. The van der Waals surface area contributed by atoms with Crippen LogP contribution in [0.25, 0.3) is 6.08 Å². The number of benzene rings is 3. The van der Waals surface area contributed by atoms with Crippen LogP contribution in [-0.2, 0) is 4.79 Å². The first kappa shape index (κ1) is 22.8. The van der Waals surface area contributed by atoms with Crippen molar-refractivity contribution in [2.24, 2.45) is 0 Å². The number of rotatable bonds is 4. The Hall–Kier alpha value is -2.33. The number of carbonyl (C=O) groups excluding carboxylic acids is 3. The smallest absolute Gasteiger partial charge is 0.344 e. The molecule has 0 aromatic heterocycles. The molecule has 3 aromatic rings. The van der Waals surface area contributed by atoms with Gasteiger partial charge in [-0.2, -0.15) is 0 Å². The Bertz CT molecular complexity index is 1280. The van der Waals surface area contributed by atoms with E-state index in [-0.39, 0.29) is 9.93 Å². The zero-order chi connectivity index (χ0) is 22.8. The molecular weight excluding hydrogens is 584 g/mol. The molecular formula is C23H12Cl2INO4S. The molecule has 1 saturated heterocycles. The van der Waals surface area contributed by atoms with Crippen LogP contribution in [0, 0.1) is 3.57 Å². The highest BCUT2D eigenvalue weighted by atomic mass is 127. The Kier molecular flexibility index (Phi) is 6.90. The maximum Gasteiger partial charge on any atom is 0.344 e. The number of carbonyl (C=O) groups is 3. The second kappa shape index (κ2) is 9.66. The van der Waals surface area contributed by atoms with E-state index < -0.39 is 17.1 Å². The summed E-state index contributed by atoms with van der Waals surface area (Å²) in [5.41, 5.74) is 1.51. The van der Waals surface area contributed by atoms with E-state index in [1.807, 2.05) is 12.1 Å². The van der Waals surface area contributed by atoms with Crippen molar-refractivity contribution in [3.63, 3.8) is 0 Å². The second-order valence-corrected chi connectivity index (χ2v) is 9.52. The fraction of sp³-hybridized carbons (Fsp3) is 0. The number of hydrogen-bond donors (Lipinski definition) is 0. The zero-order valence-corrected chi connectivity index (χ0v) is 20.5. The van der Waals surface area contributed by atoms with Crippen molar-refractivity contribution in [2.45, 2.75) is 0 Å². The van der Waals surface area contributed by atoms with E-state index in [0.717, 1.165) is 20.2 Å². The lowest BCUT2D eigenvalue weighted by Gasteiger charge is -2.13. The van der Waals surface area contributed by atoms with Gasteiger partial charge >= 0.3 is 5.97 Å². The second-order valence-electron chi connectivity index (χ2n) is 6.55. The Morgan fingerprint density at radius 1 is 0.969 bits per heavy atom. The first-order valence-electron chi connectivity index (χ1n) is 9.13. The van der Waals surface area contributed by atoms with Crippen LogP contribution >= 0.6 is 57.6 Å². The minimum absolute atomic E-state index is 0.252. The van der Waals surface area contributed by atoms with Gasteiger partial charge in [0, 0.05) is 3.57 Å². The van der Waals surface area contributed by atoms with E-state index in [9.17, 15) is 14.4 Å². The highest BCUT2D eigenvalue weighted by Gasteiger charge is 2.36. The van der Waals surface area contributed by atoms with Crippen molar-refractivity contribution < 1.29 is 19.1 Å². The normalized spacial score (nSPS) is 14.8. The maximum absolute atomic E-state index is 12.8. The Balaban J connectivity index is 1.50. The summed E-state index contributed by atoms with van der Waals surface area (Å²) in [6.45, 7) is 0. The lowest BCUT2D eigenvalue weighted by atomic mass is 10.2. The topological polar surface area (TPSA) is 63.7 Å². The third kappa shape index (κ3) is 4.85. The number of nitrogens with zero attached hydrogens (tertiary/aromatic N) is 1. The summed E-state index contributed by atoms with van der Waals surface area (Å²) in [6, 6.07) is 18.4. The van der Waals surface area contributed by atoms with Crippen LogP contribution in [0.2, 0.25) is 10.0 Å². The van der Waals surface area contributed by atoms with Crippen molar-refractivity contribution in [3.8, 4) is 5.75 Å². The van der Waals surface area contributed by atoms with Crippen LogP contribution in [-0.4, -0.2) is 17.1 Å². The Morgan fingerprint density at radius 3 is 2.38 bits per heavy atom. The quantitative estimate of drug-likeness (QED) is 0.140. The van der Waals surface area contributed by atoms with Gasteiger partial charge in [-0.05, 0) is 88.5 Å². The first-order valence-corrected chi connectivity index (χ1v) is 11.8. The summed E-state index contributed by atoms with van der Waals surface area (Å²) < 4.78 is 6.21. The van der Waals surface area contributed by atoms with E-state index in [1.54, 1.807) is 48.5 Å². The molecule has 0 atom stereocenters. The number of halogens is 3. The van der Waals surface area contributed by atoms with E-state index in [2.05, 4.69) is 22.6 Å². The van der Waals surface area contributed by atoms with Gasteiger partial charge in [0.1, 0.15) is 5.75 Å². The predicted molar refractivity (Wildman–Crippen MR) is 135 cm³/mol. The largest absolute Gasteiger partial charge is 0.423 e. The van der Waals surface area contributed by atoms with Crippen molar-refractivity contribution in [3.05, 3.63) is 96.4 Å². The highest BCUT2D eigenvalue weighted by Crippen LogP contribution is 2.37. The molecule has 0 spiro atoms. The molecule has 3 aromatic carbocycles. The van der Waals surface area contributed by atoms with Crippen LogP contribution in [0.5, 0.6) is 5.75 Å². The average Bonchev–Trinajstić information content (AvgIpc) is 3.04. The maximum atomic E-state index is 12.8. The van der Waals surface area contributed by atoms with Gasteiger partial charge < -0.3 is 4.74 Å². The molecule has 0 bridgehead atoms. The zero-order valence-electron chi connectivity index (χ0n) is 16.1. The molecule has 1 aliphatic rings. The molecule has 32 heavy (non-hydrogen) atoms. The molecule has 0 saturated carbocycles. The fourth-order valence-electron chi connectivity index (χ4n) is 2.89. The standard InChI is InChI=1S/C23H12Cl2INO4S/c24-17-10-7-14(12-18(17)25)27-21(28)20(32-23(27)30)11-13-5-8-15(9-6-13)31-22(29)16-3-1-2-4-19(16)26/h1-12H/b20-11-. The first-order chi connectivity index (χ1) is 15.3. The summed E-state index contributed by atoms with van der Waals surface area (Å²) in [5, 5.41) is 0.158. The molecule has 160 valence electrons. The average molecular weight is 596 g/mol.